The van der Waals surface area contributed by atoms with Crippen molar-refractivity contribution in [3.05, 3.63) is 237 Å². The van der Waals surface area contributed by atoms with Gasteiger partial charge in [-0.1, -0.05) is 200 Å². The molecule has 1 aliphatic carbocycles. The highest BCUT2D eigenvalue weighted by Crippen LogP contribution is 2.59. The molecule has 0 N–H and O–H groups in total. The van der Waals surface area contributed by atoms with Crippen molar-refractivity contribution < 1.29 is 0 Å². The second-order valence-corrected chi connectivity index (χ2v) is 21.9. The molecule has 0 bridgehead atoms. The van der Waals surface area contributed by atoms with Gasteiger partial charge in [-0.2, -0.15) is 0 Å². The van der Waals surface area contributed by atoms with Crippen LogP contribution < -0.4 is 15.9 Å². The van der Waals surface area contributed by atoms with E-state index in [-0.39, 0.29) is 0 Å². The van der Waals surface area contributed by atoms with Crippen LogP contribution in [0, 0.1) is 0 Å². The number of benzene rings is 13. The van der Waals surface area contributed by atoms with E-state index in [1.165, 1.54) is 145 Å². The summed E-state index contributed by atoms with van der Waals surface area (Å²) in [5.41, 5.74) is 10.5. The first-order chi connectivity index (χ1) is 33.8. The van der Waals surface area contributed by atoms with E-state index in [0.717, 1.165) is 0 Å². The van der Waals surface area contributed by atoms with Gasteiger partial charge in [-0.25, -0.2) is 0 Å². The van der Waals surface area contributed by atoms with Gasteiger partial charge >= 0.3 is 0 Å². The molecule has 1 aliphatic rings. The van der Waals surface area contributed by atoms with Crippen LogP contribution in [0.2, 0.25) is 0 Å². The lowest BCUT2D eigenvalue weighted by molar-refractivity contribution is 1.62. The van der Waals surface area contributed by atoms with Crippen LogP contribution in [0.5, 0.6) is 0 Å². The topological polar surface area (TPSA) is 0 Å². The summed E-state index contributed by atoms with van der Waals surface area (Å²) in [6, 6.07) is 89.6. The molecule has 0 radical (unpaired) electrons. The van der Waals surface area contributed by atoms with Crippen molar-refractivity contribution in [2.45, 2.75) is 0 Å². The standard InChI is InChI=1S/C66H39PS/c1-3-18-40(19-4-1)61-51-30-15-16-31-52(51)62(41-20-5-2-6-21-41)66-56-39-60-64(53-32-17-33-54(63(53)56)65(61)66)55-38-44(34-35-59(55)68-60)67(57-36-42-22-7-9-24-45(42)47-26-11-13-28-49(47)57)58-37-43-23-8-10-25-46(43)48-27-12-14-29-50(48)58/h1-39H/p+1. The summed E-state index contributed by atoms with van der Waals surface area (Å²) in [7, 11) is -1.63. The van der Waals surface area contributed by atoms with Crippen molar-refractivity contribution in [3.63, 3.8) is 0 Å². The Labute approximate surface area is 398 Å². The molecule has 0 saturated heterocycles. The maximum atomic E-state index is 2.60. The fraction of sp³-hybridized carbons (Fsp3) is 0. The third-order valence-corrected chi connectivity index (χ3v) is 18.7. The zero-order valence-electron chi connectivity index (χ0n) is 36.9. The third-order valence-electron chi connectivity index (χ3n) is 14.8. The minimum atomic E-state index is -1.63. The van der Waals surface area contributed by atoms with Crippen LogP contribution in [0.1, 0.15) is 0 Å². The van der Waals surface area contributed by atoms with Crippen molar-refractivity contribution >= 4 is 120 Å². The molecule has 13 aromatic carbocycles. The van der Waals surface area contributed by atoms with E-state index >= 15 is 0 Å². The Balaban J connectivity index is 1.05. The Morgan fingerprint density at radius 1 is 0.265 bits per heavy atom. The van der Waals surface area contributed by atoms with Crippen molar-refractivity contribution in [3.8, 4) is 44.5 Å². The summed E-state index contributed by atoms with van der Waals surface area (Å²) >= 11 is 1.94. The lowest BCUT2D eigenvalue weighted by atomic mass is 9.82. The molecule has 15 rings (SSSR count). The Bertz CT molecular complexity index is 4310. The average molecular weight is 896 g/mol. The molecule has 0 spiro atoms. The zero-order valence-corrected chi connectivity index (χ0v) is 38.7. The van der Waals surface area contributed by atoms with E-state index in [1.807, 2.05) is 11.3 Å². The first-order valence-electron chi connectivity index (χ1n) is 23.6. The van der Waals surface area contributed by atoms with Gasteiger partial charge in [0.1, 0.15) is 15.9 Å². The summed E-state index contributed by atoms with van der Waals surface area (Å²) in [5, 5.41) is 22.7. The second-order valence-electron chi connectivity index (χ2n) is 18.4. The van der Waals surface area contributed by atoms with Crippen LogP contribution in [0.4, 0.5) is 0 Å². The highest BCUT2D eigenvalue weighted by atomic mass is 32.1. The van der Waals surface area contributed by atoms with Crippen molar-refractivity contribution in [1.82, 2.24) is 0 Å². The molecule has 314 valence electrons. The van der Waals surface area contributed by atoms with E-state index < -0.39 is 7.92 Å². The Kier molecular flexibility index (Phi) is 8.31. The predicted molar refractivity (Wildman–Crippen MR) is 300 cm³/mol. The van der Waals surface area contributed by atoms with Crippen LogP contribution >= 0.6 is 19.3 Å². The van der Waals surface area contributed by atoms with Gasteiger partial charge in [0.05, 0.1) is 7.92 Å². The van der Waals surface area contributed by atoms with E-state index in [4.69, 9.17) is 0 Å². The average Bonchev–Trinajstić information content (AvgIpc) is 3.94. The second kappa shape index (κ2) is 14.8. The van der Waals surface area contributed by atoms with Crippen LogP contribution in [0.25, 0.3) is 129 Å². The smallest absolute Gasteiger partial charge is 0.110 e. The molecule has 0 saturated carbocycles. The van der Waals surface area contributed by atoms with E-state index in [1.54, 1.807) is 0 Å². The van der Waals surface area contributed by atoms with Gasteiger partial charge < -0.3 is 0 Å². The van der Waals surface area contributed by atoms with E-state index in [2.05, 4.69) is 237 Å². The van der Waals surface area contributed by atoms with Gasteiger partial charge in [0.2, 0.25) is 0 Å². The molecule has 2 heteroatoms. The number of rotatable bonds is 5. The monoisotopic (exact) mass is 895 g/mol. The number of hydrogen-bond donors (Lipinski definition) is 0. The van der Waals surface area contributed by atoms with Crippen LogP contribution in [-0.2, 0) is 0 Å². The fourth-order valence-corrected chi connectivity index (χ4v) is 16.2. The Morgan fingerprint density at radius 2 is 0.735 bits per heavy atom. The van der Waals surface area contributed by atoms with Crippen molar-refractivity contribution in [2.75, 3.05) is 0 Å². The molecule has 14 aromatic rings. The van der Waals surface area contributed by atoms with E-state index in [0.29, 0.717) is 0 Å². The lowest BCUT2D eigenvalue weighted by Gasteiger charge is -2.20. The van der Waals surface area contributed by atoms with Gasteiger partial charge in [0.15, 0.2) is 0 Å². The minimum absolute atomic E-state index is 1.25. The highest BCUT2D eigenvalue weighted by Gasteiger charge is 2.34. The lowest BCUT2D eigenvalue weighted by Crippen LogP contribution is -2.22. The van der Waals surface area contributed by atoms with E-state index in [9.17, 15) is 0 Å². The van der Waals surface area contributed by atoms with Crippen molar-refractivity contribution in [2.24, 2.45) is 0 Å². The molecule has 0 nitrogen and oxygen atoms in total. The van der Waals surface area contributed by atoms with Crippen LogP contribution in [0.15, 0.2) is 237 Å². The SMILES string of the molecule is c1ccc(-c2c3c(c(-c4ccccc4)c4ccccc24)-c2cc4sc5ccc([PH+](c6cc7ccccc7c7ccccc67)c6cc7ccccc7c7ccccc67)cc5c4c4cccc-3c24)cc1. The number of hydrogen-bond acceptors (Lipinski definition) is 1. The normalized spacial score (nSPS) is 12.2. The van der Waals surface area contributed by atoms with Gasteiger partial charge in [-0.3, -0.25) is 0 Å². The molecule has 0 amide bonds. The molecule has 68 heavy (non-hydrogen) atoms. The number of thiophene rings is 1. The third kappa shape index (κ3) is 5.46. The Morgan fingerprint density at radius 3 is 1.31 bits per heavy atom. The summed E-state index contributed by atoms with van der Waals surface area (Å²) in [6.07, 6.45) is 0. The largest absolute Gasteiger partial charge is 0.135 e. The van der Waals surface area contributed by atoms with Crippen molar-refractivity contribution in [1.29, 1.82) is 0 Å². The van der Waals surface area contributed by atoms with Gasteiger partial charge in [-0.15, -0.1) is 11.3 Å². The first-order valence-corrected chi connectivity index (χ1v) is 25.9. The highest BCUT2D eigenvalue weighted by molar-refractivity contribution is 7.80. The minimum Gasteiger partial charge on any atom is -0.135 e. The molecule has 0 atom stereocenters. The Hall–Kier alpha value is -7.93. The quantitative estimate of drug-likeness (QED) is 0.119. The maximum absolute atomic E-state index is 2.60. The van der Waals surface area contributed by atoms with Gasteiger partial charge in [-0.05, 0) is 135 Å². The molecule has 1 heterocycles. The molecule has 0 fully saturated rings. The van der Waals surface area contributed by atoms with Crippen LogP contribution in [-0.4, -0.2) is 0 Å². The molecule has 1 aromatic heterocycles. The summed E-state index contributed by atoms with van der Waals surface area (Å²) < 4.78 is 2.66. The first kappa shape index (κ1) is 38.2. The summed E-state index contributed by atoms with van der Waals surface area (Å²) in [6.45, 7) is 0. The predicted octanol–water partition coefficient (Wildman–Crippen LogP) is 17.4. The fourth-order valence-electron chi connectivity index (χ4n) is 12.1. The zero-order chi connectivity index (χ0) is 44.5. The molecular weight excluding hydrogens is 856 g/mol. The molecule has 0 unspecified atom stereocenters. The van der Waals surface area contributed by atoms with Gasteiger partial charge in [0, 0.05) is 30.9 Å². The number of fused-ring (bicyclic) bond motifs is 14. The molecular formula is C66H40PS+. The van der Waals surface area contributed by atoms with Gasteiger partial charge in [0.25, 0.3) is 0 Å². The maximum Gasteiger partial charge on any atom is 0.110 e. The summed E-state index contributed by atoms with van der Waals surface area (Å²) in [5.74, 6) is 0. The van der Waals surface area contributed by atoms with Crippen LogP contribution in [0.3, 0.4) is 0 Å². The summed E-state index contributed by atoms with van der Waals surface area (Å²) in [4.78, 5) is 0. The molecule has 0 aliphatic heterocycles.